The molecule has 0 saturated heterocycles. The maximum Gasteiger partial charge on any atom is 0.339 e. The Morgan fingerprint density at radius 2 is 1.68 bits per heavy atom. The van der Waals surface area contributed by atoms with E-state index in [4.69, 9.17) is 16.3 Å². The van der Waals surface area contributed by atoms with Gasteiger partial charge < -0.3 is 20.3 Å². The number of rotatable bonds is 9. The van der Waals surface area contributed by atoms with Crippen LogP contribution in [-0.2, 0) is 17.8 Å². The fraction of sp³-hybridized carbons (Fsp3) is 0.115. The lowest BCUT2D eigenvalue weighted by molar-refractivity contribution is -0.137. The lowest BCUT2D eigenvalue weighted by Crippen LogP contribution is -2.32. The van der Waals surface area contributed by atoms with Crippen molar-refractivity contribution in [3.63, 3.8) is 0 Å². The number of ether oxygens (including phenoxy) is 1. The van der Waals surface area contributed by atoms with Crippen molar-refractivity contribution in [2.75, 3.05) is 5.32 Å². The third kappa shape index (κ3) is 5.63. The number of aromatic nitrogens is 1. The van der Waals surface area contributed by atoms with E-state index in [9.17, 15) is 19.8 Å². The molecular weight excluding hydrogens is 456 g/mol. The monoisotopic (exact) mass is 476 g/mol. The number of anilines is 1. The van der Waals surface area contributed by atoms with Gasteiger partial charge in [0, 0.05) is 16.8 Å². The Hall–Kier alpha value is -4.10. The molecule has 7 nitrogen and oxygen atoms in total. The summed E-state index contributed by atoms with van der Waals surface area (Å²) in [6.45, 7) is 0.427. The number of hydrogen-bond donors (Lipinski definition) is 3. The van der Waals surface area contributed by atoms with Crippen molar-refractivity contribution in [3.05, 3.63) is 101 Å². The second-order valence-electron chi connectivity index (χ2n) is 7.68. The number of nitrogens with one attached hydrogen (secondary N) is 1. The summed E-state index contributed by atoms with van der Waals surface area (Å²) < 4.78 is 5.77. The number of hydrogen-bond acceptors (Lipinski definition) is 5. The van der Waals surface area contributed by atoms with E-state index in [0.717, 1.165) is 11.1 Å². The highest BCUT2D eigenvalue weighted by Crippen LogP contribution is 2.25. The van der Waals surface area contributed by atoms with Crippen molar-refractivity contribution in [3.8, 4) is 5.75 Å². The minimum absolute atomic E-state index is 0.0162. The van der Waals surface area contributed by atoms with Crippen LogP contribution in [0.25, 0.3) is 10.9 Å². The second-order valence-corrected chi connectivity index (χ2v) is 8.12. The Bertz CT molecular complexity index is 1330. The molecule has 0 radical (unpaired) electrons. The van der Waals surface area contributed by atoms with Gasteiger partial charge in [-0.25, -0.2) is 14.6 Å². The molecule has 0 amide bonds. The molecule has 0 aliphatic carbocycles. The van der Waals surface area contributed by atoms with Crippen LogP contribution in [0, 0.1) is 0 Å². The Morgan fingerprint density at radius 3 is 2.35 bits per heavy atom. The lowest BCUT2D eigenvalue weighted by atomic mass is 10.0. The highest BCUT2D eigenvalue weighted by Gasteiger charge is 2.22. The Morgan fingerprint density at radius 1 is 0.941 bits per heavy atom. The van der Waals surface area contributed by atoms with Crippen LogP contribution < -0.4 is 10.1 Å². The Kier molecular flexibility index (Phi) is 6.94. The van der Waals surface area contributed by atoms with E-state index < -0.39 is 18.0 Å². The first kappa shape index (κ1) is 23.1. The van der Waals surface area contributed by atoms with Gasteiger partial charge in [-0.15, -0.1) is 0 Å². The quantitative estimate of drug-likeness (QED) is 0.302. The number of carbonyl (C=O) groups is 2. The molecule has 4 aromatic rings. The van der Waals surface area contributed by atoms with Crippen LogP contribution in [0.2, 0.25) is 5.02 Å². The van der Waals surface area contributed by atoms with Gasteiger partial charge in [0.1, 0.15) is 29.8 Å². The van der Waals surface area contributed by atoms with Gasteiger partial charge in [0.25, 0.3) is 0 Å². The zero-order chi connectivity index (χ0) is 24.1. The normalized spacial score (nSPS) is 11.7. The van der Waals surface area contributed by atoms with E-state index in [1.165, 1.54) is 6.07 Å². The van der Waals surface area contributed by atoms with Gasteiger partial charge >= 0.3 is 11.9 Å². The lowest BCUT2D eigenvalue weighted by Gasteiger charge is -2.17. The molecule has 1 atom stereocenters. The first-order valence-corrected chi connectivity index (χ1v) is 10.9. The molecule has 8 heteroatoms. The molecule has 0 saturated carbocycles. The first-order chi connectivity index (χ1) is 16.4. The predicted molar refractivity (Wildman–Crippen MR) is 130 cm³/mol. The van der Waals surface area contributed by atoms with Gasteiger partial charge in [-0.3, -0.25) is 0 Å². The van der Waals surface area contributed by atoms with E-state index in [1.54, 1.807) is 42.5 Å². The smallest absolute Gasteiger partial charge is 0.339 e. The number of aromatic carboxylic acids is 1. The van der Waals surface area contributed by atoms with Crippen molar-refractivity contribution in [2.24, 2.45) is 0 Å². The van der Waals surface area contributed by atoms with Crippen LogP contribution in [0.4, 0.5) is 5.82 Å². The minimum atomic E-state index is -1.22. The number of pyridine rings is 1. The van der Waals surface area contributed by atoms with Crippen molar-refractivity contribution < 1.29 is 24.5 Å². The van der Waals surface area contributed by atoms with Crippen molar-refractivity contribution in [1.82, 2.24) is 4.98 Å². The number of fused-ring (bicyclic) bond motifs is 1. The number of aliphatic carboxylic acids is 1. The van der Waals surface area contributed by atoms with E-state index in [1.807, 2.05) is 30.3 Å². The van der Waals surface area contributed by atoms with Crippen molar-refractivity contribution in [2.45, 2.75) is 19.1 Å². The molecule has 3 aromatic carbocycles. The topological polar surface area (TPSA) is 109 Å². The van der Waals surface area contributed by atoms with Gasteiger partial charge in [0.05, 0.1) is 5.52 Å². The van der Waals surface area contributed by atoms with Gasteiger partial charge in [0.15, 0.2) is 0 Å². The number of nitrogens with zero attached hydrogens (tertiary/aromatic N) is 1. The predicted octanol–water partition coefficient (Wildman–Crippen LogP) is 5.27. The summed E-state index contributed by atoms with van der Waals surface area (Å²) in [4.78, 5) is 28.1. The van der Waals surface area contributed by atoms with E-state index in [2.05, 4.69) is 10.3 Å². The van der Waals surface area contributed by atoms with Crippen LogP contribution in [-0.4, -0.2) is 33.2 Å². The standard InChI is InChI=1S/C26H21ClN2O5/c27-19-8-11-22-18(13-19)14-21(25(30)31)24(28-22)29-23(26(32)33)12-16-6-9-20(10-7-16)34-15-17-4-2-1-3-5-17/h1-11,13-14,23H,12,15H2,(H,28,29)(H,30,31)(H,32,33)/t23-/m0/s1. The van der Waals surface area contributed by atoms with Gasteiger partial charge in [-0.1, -0.05) is 54.1 Å². The highest BCUT2D eigenvalue weighted by molar-refractivity contribution is 6.31. The molecule has 0 aliphatic rings. The minimum Gasteiger partial charge on any atom is -0.489 e. The molecule has 34 heavy (non-hydrogen) atoms. The number of benzene rings is 3. The fourth-order valence-electron chi connectivity index (χ4n) is 3.48. The summed E-state index contributed by atoms with van der Waals surface area (Å²) in [5.74, 6) is -1.70. The highest BCUT2D eigenvalue weighted by atomic mass is 35.5. The van der Waals surface area contributed by atoms with Crippen LogP contribution in [0.1, 0.15) is 21.5 Å². The summed E-state index contributed by atoms with van der Waals surface area (Å²) in [5, 5.41) is 23.2. The number of carboxylic acids is 2. The molecule has 0 bridgehead atoms. The van der Waals surface area contributed by atoms with Crippen LogP contribution in [0.5, 0.6) is 5.75 Å². The number of halogens is 1. The molecule has 0 unspecified atom stereocenters. The molecule has 3 N–H and O–H groups in total. The molecule has 0 fully saturated rings. The average molecular weight is 477 g/mol. The maximum atomic E-state index is 11.9. The third-order valence-electron chi connectivity index (χ3n) is 5.23. The van der Waals surface area contributed by atoms with Crippen molar-refractivity contribution in [1.29, 1.82) is 0 Å². The molecule has 1 heterocycles. The average Bonchev–Trinajstić information content (AvgIpc) is 2.83. The van der Waals surface area contributed by atoms with Gasteiger partial charge in [0.2, 0.25) is 0 Å². The van der Waals surface area contributed by atoms with E-state index in [0.29, 0.717) is 28.3 Å². The first-order valence-electron chi connectivity index (χ1n) is 10.5. The zero-order valence-corrected chi connectivity index (χ0v) is 18.7. The molecular formula is C26H21ClN2O5. The van der Waals surface area contributed by atoms with Crippen LogP contribution in [0.3, 0.4) is 0 Å². The second kappa shape index (κ2) is 10.2. The summed E-state index contributed by atoms with van der Waals surface area (Å²) in [6.07, 6.45) is 0.119. The Balaban J connectivity index is 1.50. The van der Waals surface area contributed by atoms with Crippen molar-refractivity contribution >= 4 is 40.3 Å². The van der Waals surface area contributed by atoms with Gasteiger partial charge in [-0.05, 0) is 47.5 Å². The number of carboxylic acid groups (broad SMARTS) is 2. The summed E-state index contributed by atoms with van der Waals surface area (Å²) in [6, 6.07) is 22.1. The molecule has 0 spiro atoms. The summed E-state index contributed by atoms with van der Waals surface area (Å²) in [5.41, 5.74) is 2.16. The zero-order valence-electron chi connectivity index (χ0n) is 17.9. The Labute approximate surface area is 200 Å². The molecule has 0 aliphatic heterocycles. The van der Waals surface area contributed by atoms with E-state index >= 15 is 0 Å². The fourth-order valence-corrected chi connectivity index (χ4v) is 3.66. The third-order valence-corrected chi connectivity index (χ3v) is 5.46. The van der Waals surface area contributed by atoms with Crippen LogP contribution >= 0.6 is 11.6 Å². The van der Waals surface area contributed by atoms with E-state index in [-0.39, 0.29) is 17.8 Å². The maximum absolute atomic E-state index is 11.9. The summed E-state index contributed by atoms with van der Waals surface area (Å²) in [7, 11) is 0. The van der Waals surface area contributed by atoms with Crippen LogP contribution in [0.15, 0.2) is 78.9 Å². The molecule has 4 rings (SSSR count). The largest absolute Gasteiger partial charge is 0.489 e. The molecule has 172 valence electrons. The molecule has 1 aromatic heterocycles. The summed E-state index contributed by atoms with van der Waals surface area (Å²) >= 11 is 5.99. The van der Waals surface area contributed by atoms with Gasteiger partial charge in [-0.2, -0.15) is 0 Å². The SMILES string of the molecule is O=C(O)c1cc2cc(Cl)ccc2nc1N[C@@H](Cc1ccc(OCc2ccccc2)cc1)C(=O)O.